The number of aliphatic hydroxyl groups excluding tert-OH is 1. The first-order valence-electron chi connectivity index (χ1n) is 7.92. The van der Waals surface area contributed by atoms with Gasteiger partial charge in [0.25, 0.3) is 0 Å². The molecule has 0 aliphatic heterocycles. The quantitative estimate of drug-likeness (QED) is 0.739. The van der Waals surface area contributed by atoms with E-state index in [1.165, 1.54) is 0 Å². The van der Waals surface area contributed by atoms with Crippen LogP contribution in [0.25, 0.3) is 0 Å². The molecule has 1 rings (SSSR count). The van der Waals surface area contributed by atoms with Crippen LogP contribution in [0.2, 0.25) is 0 Å². The van der Waals surface area contributed by atoms with E-state index >= 15 is 0 Å². The van der Waals surface area contributed by atoms with Crippen LogP contribution in [0.5, 0.6) is 0 Å². The molecule has 1 aliphatic carbocycles. The van der Waals surface area contributed by atoms with Crippen molar-refractivity contribution < 1.29 is 9.90 Å². The summed E-state index contributed by atoms with van der Waals surface area (Å²) >= 11 is 0. The number of amides is 1. The van der Waals surface area contributed by atoms with E-state index in [0.29, 0.717) is 24.3 Å². The molecule has 0 bridgehead atoms. The molecule has 4 nitrogen and oxygen atoms in total. The van der Waals surface area contributed by atoms with Gasteiger partial charge in [-0.1, -0.05) is 27.7 Å². The minimum Gasteiger partial charge on any atom is -0.393 e. The molecule has 0 radical (unpaired) electrons. The maximum atomic E-state index is 12.4. The number of hydrogen-bond donors (Lipinski definition) is 1. The van der Waals surface area contributed by atoms with E-state index < -0.39 is 0 Å². The summed E-state index contributed by atoms with van der Waals surface area (Å²) < 4.78 is 0. The van der Waals surface area contributed by atoms with E-state index in [1.807, 2.05) is 11.9 Å². The van der Waals surface area contributed by atoms with Crippen LogP contribution in [-0.4, -0.2) is 60.1 Å². The molecule has 0 aromatic heterocycles. The number of hydrogen-bond acceptors (Lipinski definition) is 3. The number of nitrogens with zero attached hydrogens (tertiary/aromatic N) is 2. The van der Waals surface area contributed by atoms with Gasteiger partial charge in [-0.05, 0) is 37.6 Å². The standard InChI is InChI=1S/C16H32N2O2/c1-12(2)8-18(9-13(3)4)16(20)11-17(5)10-14-6-15(19)7-14/h12-15,19H,6-11H2,1-5H3. The van der Waals surface area contributed by atoms with E-state index in [1.54, 1.807) is 0 Å². The molecule has 4 heteroatoms. The van der Waals surface area contributed by atoms with Gasteiger partial charge in [-0.3, -0.25) is 9.69 Å². The number of rotatable bonds is 8. The summed E-state index contributed by atoms with van der Waals surface area (Å²) in [6.07, 6.45) is 1.67. The first-order chi connectivity index (χ1) is 9.27. The van der Waals surface area contributed by atoms with Crippen LogP contribution in [0.1, 0.15) is 40.5 Å². The summed E-state index contributed by atoms with van der Waals surface area (Å²) in [5.74, 6) is 1.80. The minimum atomic E-state index is -0.109. The fraction of sp³-hybridized carbons (Fsp3) is 0.938. The molecule has 0 atom stereocenters. The van der Waals surface area contributed by atoms with Crippen LogP contribution >= 0.6 is 0 Å². The second-order valence-electron chi connectivity index (χ2n) is 7.27. The van der Waals surface area contributed by atoms with Crippen molar-refractivity contribution >= 4 is 5.91 Å². The molecule has 0 unspecified atom stereocenters. The van der Waals surface area contributed by atoms with E-state index in [2.05, 4.69) is 32.6 Å². The smallest absolute Gasteiger partial charge is 0.236 e. The van der Waals surface area contributed by atoms with Crippen molar-refractivity contribution in [1.29, 1.82) is 0 Å². The van der Waals surface area contributed by atoms with Crippen molar-refractivity contribution in [2.75, 3.05) is 33.2 Å². The maximum absolute atomic E-state index is 12.4. The fourth-order valence-electron chi connectivity index (χ4n) is 2.85. The molecule has 0 aromatic rings. The first kappa shape index (κ1) is 17.4. The summed E-state index contributed by atoms with van der Waals surface area (Å²) in [7, 11) is 2.01. The third-order valence-corrected chi connectivity index (χ3v) is 3.71. The zero-order chi connectivity index (χ0) is 15.3. The van der Waals surface area contributed by atoms with Crippen molar-refractivity contribution in [2.45, 2.75) is 46.6 Å². The fourth-order valence-corrected chi connectivity index (χ4v) is 2.85. The van der Waals surface area contributed by atoms with E-state index in [4.69, 9.17) is 0 Å². The number of carbonyl (C=O) groups excluding carboxylic acids is 1. The third-order valence-electron chi connectivity index (χ3n) is 3.71. The molecule has 0 saturated heterocycles. The Morgan fingerprint density at radius 3 is 2.05 bits per heavy atom. The Hall–Kier alpha value is -0.610. The van der Waals surface area contributed by atoms with Gasteiger partial charge in [-0.15, -0.1) is 0 Å². The lowest BCUT2D eigenvalue weighted by Gasteiger charge is -2.35. The van der Waals surface area contributed by atoms with Gasteiger partial charge in [0.2, 0.25) is 5.91 Å². The average Bonchev–Trinajstić information content (AvgIpc) is 2.24. The lowest BCUT2D eigenvalue weighted by atomic mass is 9.82. The van der Waals surface area contributed by atoms with Crippen LogP contribution in [0.15, 0.2) is 0 Å². The Morgan fingerprint density at radius 2 is 1.65 bits per heavy atom. The number of likely N-dealkylation sites (N-methyl/N-ethyl adjacent to an activating group) is 1. The zero-order valence-electron chi connectivity index (χ0n) is 13.8. The van der Waals surface area contributed by atoms with E-state index in [0.717, 1.165) is 32.5 Å². The summed E-state index contributed by atoms with van der Waals surface area (Å²) in [6, 6.07) is 0. The van der Waals surface area contributed by atoms with Gasteiger partial charge in [0.15, 0.2) is 0 Å². The van der Waals surface area contributed by atoms with Gasteiger partial charge in [0, 0.05) is 19.6 Å². The first-order valence-corrected chi connectivity index (χ1v) is 7.92. The summed E-state index contributed by atoms with van der Waals surface area (Å²) in [5, 5.41) is 9.31. The molecule has 0 aromatic carbocycles. The van der Waals surface area contributed by atoms with Gasteiger partial charge in [0.1, 0.15) is 0 Å². The van der Waals surface area contributed by atoms with Crippen LogP contribution in [0, 0.1) is 17.8 Å². The highest BCUT2D eigenvalue weighted by molar-refractivity contribution is 5.78. The van der Waals surface area contributed by atoms with Crippen LogP contribution in [0.3, 0.4) is 0 Å². The predicted octanol–water partition coefficient (Wildman–Crippen LogP) is 1.83. The largest absolute Gasteiger partial charge is 0.393 e. The summed E-state index contributed by atoms with van der Waals surface area (Å²) in [4.78, 5) is 16.5. The monoisotopic (exact) mass is 284 g/mol. The SMILES string of the molecule is CC(C)CN(CC(C)C)C(=O)CN(C)CC1CC(O)C1. The minimum absolute atomic E-state index is 0.109. The average molecular weight is 284 g/mol. The maximum Gasteiger partial charge on any atom is 0.236 e. The normalized spacial score (nSPS) is 22.4. The molecule has 0 heterocycles. The van der Waals surface area contributed by atoms with Crippen molar-refractivity contribution in [3.05, 3.63) is 0 Å². The molecule has 1 saturated carbocycles. The molecular formula is C16H32N2O2. The van der Waals surface area contributed by atoms with Crippen molar-refractivity contribution in [3.63, 3.8) is 0 Å². The zero-order valence-corrected chi connectivity index (χ0v) is 13.8. The van der Waals surface area contributed by atoms with Crippen molar-refractivity contribution in [1.82, 2.24) is 9.80 Å². The Labute approximate surface area is 124 Å². The Bertz CT molecular complexity index is 289. The van der Waals surface area contributed by atoms with Crippen LogP contribution in [-0.2, 0) is 4.79 Å². The molecule has 1 aliphatic rings. The Morgan fingerprint density at radius 1 is 1.15 bits per heavy atom. The molecule has 20 heavy (non-hydrogen) atoms. The van der Waals surface area contributed by atoms with Gasteiger partial charge < -0.3 is 10.0 Å². The molecule has 118 valence electrons. The topological polar surface area (TPSA) is 43.8 Å². The van der Waals surface area contributed by atoms with E-state index in [-0.39, 0.29) is 12.0 Å². The van der Waals surface area contributed by atoms with Crippen LogP contribution < -0.4 is 0 Å². The Balaban J connectivity index is 2.39. The molecular weight excluding hydrogens is 252 g/mol. The molecule has 1 N–H and O–H groups in total. The van der Waals surface area contributed by atoms with Crippen molar-refractivity contribution in [3.8, 4) is 0 Å². The highest BCUT2D eigenvalue weighted by Gasteiger charge is 2.28. The summed E-state index contributed by atoms with van der Waals surface area (Å²) in [5.41, 5.74) is 0. The highest BCUT2D eigenvalue weighted by atomic mass is 16.3. The van der Waals surface area contributed by atoms with E-state index in [9.17, 15) is 9.90 Å². The number of carbonyl (C=O) groups is 1. The van der Waals surface area contributed by atoms with Gasteiger partial charge in [-0.2, -0.15) is 0 Å². The van der Waals surface area contributed by atoms with Gasteiger partial charge in [0.05, 0.1) is 12.6 Å². The molecule has 1 amide bonds. The lowest BCUT2D eigenvalue weighted by molar-refractivity contribution is -0.133. The number of aliphatic hydroxyl groups is 1. The van der Waals surface area contributed by atoms with Gasteiger partial charge >= 0.3 is 0 Å². The highest BCUT2D eigenvalue weighted by Crippen LogP contribution is 2.27. The third kappa shape index (κ3) is 6.23. The van der Waals surface area contributed by atoms with Gasteiger partial charge in [-0.25, -0.2) is 0 Å². The predicted molar refractivity (Wildman–Crippen MR) is 82.5 cm³/mol. The Kier molecular flexibility index (Phi) is 6.96. The molecule has 0 spiro atoms. The van der Waals surface area contributed by atoms with Crippen molar-refractivity contribution in [2.24, 2.45) is 17.8 Å². The van der Waals surface area contributed by atoms with Crippen LogP contribution in [0.4, 0.5) is 0 Å². The second-order valence-corrected chi connectivity index (χ2v) is 7.27. The lowest BCUT2D eigenvalue weighted by Crippen LogP contribution is -2.45. The second kappa shape index (κ2) is 7.99. The molecule has 1 fully saturated rings. The summed E-state index contributed by atoms with van der Waals surface area (Å²) in [6.45, 7) is 11.7.